The third-order valence-corrected chi connectivity index (χ3v) is 4.16. The van der Waals surface area contributed by atoms with E-state index in [4.69, 9.17) is 21.6 Å². The lowest BCUT2D eigenvalue weighted by atomic mass is 10.3. The van der Waals surface area contributed by atoms with Gasteiger partial charge in [-0.3, -0.25) is 4.72 Å². The molecule has 0 atom stereocenters. The zero-order valence-electron chi connectivity index (χ0n) is 10.8. The third-order valence-electron chi connectivity index (χ3n) is 2.51. The average Bonchev–Trinajstić information content (AvgIpc) is 2.45. The Morgan fingerprint density at radius 2 is 1.90 bits per heavy atom. The van der Waals surface area contributed by atoms with Gasteiger partial charge < -0.3 is 4.74 Å². The molecule has 0 aliphatic rings. The van der Waals surface area contributed by atoms with E-state index < -0.39 is 10.0 Å². The second-order valence-electron chi connectivity index (χ2n) is 4.03. The molecule has 0 amide bonds. The van der Waals surface area contributed by atoms with Crippen LogP contribution in [-0.4, -0.2) is 15.0 Å². The van der Waals surface area contributed by atoms with Crippen molar-refractivity contribution in [2.24, 2.45) is 0 Å². The first kappa shape index (κ1) is 15.2. The lowest BCUT2D eigenvalue weighted by molar-refractivity contribution is 0.368. The first-order chi connectivity index (χ1) is 10.0. The third kappa shape index (κ3) is 4.12. The van der Waals surface area contributed by atoms with Crippen LogP contribution in [0.25, 0.3) is 0 Å². The highest BCUT2D eigenvalue weighted by Gasteiger charge is 2.14. The highest BCUT2D eigenvalue weighted by Crippen LogP contribution is 2.21. The van der Waals surface area contributed by atoms with Gasteiger partial charge in [0.2, 0.25) is 0 Å². The van der Waals surface area contributed by atoms with E-state index in [0.717, 1.165) is 0 Å². The normalized spacial score (nSPS) is 10.7. The summed E-state index contributed by atoms with van der Waals surface area (Å²) in [5.41, 5.74) is 0.348. The number of hydrogen-bond donors (Lipinski definition) is 1. The van der Waals surface area contributed by atoms with E-state index in [-0.39, 0.29) is 11.5 Å². The van der Waals surface area contributed by atoms with Crippen molar-refractivity contribution in [3.63, 3.8) is 0 Å². The maximum atomic E-state index is 12.2. The fourth-order valence-corrected chi connectivity index (χ4v) is 2.77. The first-order valence-corrected chi connectivity index (χ1v) is 7.75. The summed E-state index contributed by atoms with van der Waals surface area (Å²) in [6, 6.07) is 14.0. The fourth-order valence-electron chi connectivity index (χ4n) is 1.59. The number of benzene rings is 2. The molecule has 5 nitrogen and oxygen atoms in total. The molecule has 21 heavy (non-hydrogen) atoms. The predicted octanol–water partition coefficient (Wildman–Crippen LogP) is 3.04. The molecule has 108 valence electrons. The van der Waals surface area contributed by atoms with Gasteiger partial charge in [0, 0.05) is 11.1 Å². The van der Waals surface area contributed by atoms with Gasteiger partial charge in [0.15, 0.2) is 6.61 Å². The number of anilines is 1. The largest absolute Gasteiger partial charge is 0.479 e. The second-order valence-corrected chi connectivity index (χ2v) is 6.15. The molecule has 0 radical (unpaired) electrons. The zero-order valence-corrected chi connectivity index (χ0v) is 12.4. The van der Waals surface area contributed by atoms with Crippen LogP contribution in [0, 0.1) is 11.3 Å². The second kappa shape index (κ2) is 6.48. The molecule has 0 aromatic heterocycles. The Balaban J connectivity index is 2.20. The van der Waals surface area contributed by atoms with E-state index in [2.05, 4.69) is 4.72 Å². The molecule has 0 bridgehead atoms. The fraction of sp³-hybridized carbons (Fsp3) is 0.0714. The Morgan fingerprint density at radius 3 is 2.57 bits per heavy atom. The Morgan fingerprint density at radius 1 is 1.19 bits per heavy atom. The summed E-state index contributed by atoms with van der Waals surface area (Å²) in [6.07, 6.45) is 0. The van der Waals surface area contributed by atoms with Crippen molar-refractivity contribution >= 4 is 27.3 Å². The molecule has 0 unspecified atom stereocenters. The topological polar surface area (TPSA) is 79.2 Å². The Hall–Kier alpha value is -2.23. The van der Waals surface area contributed by atoms with Crippen molar-refractivity contribution in [1.82, 2.24) is 0 Å². The van der Waals surface area contributed by atoms with Crippen LogP contribution in [0.1, 0.15) is 0 Å². The number of nitriles is 1. The number of nitrogens with zero attached hydrogens (tertiary/aromatic N) is 1. The van der Waals surface area contributed by atoms with Crippen molar-refractivity contribution < 1.29 is 13.2 Å². The van der Waals surface area contributed by atoms with E-state index in [9.17, 15) is 8.42 Å². The van der Waals surface area contributed by atoms with Crippen LogP contribution in [0.4, 0.5) is 5.69 Å². The minimum atomic E-state index is -3.70. The van der Waals surface area contributed by atoms with Gasteiger partial charge in [-0.25, -0.2) is 8.42 Å². The Labute approximate surface area is 127 Å². The van der Waals surface area contributed by atoms with E-state index in [1.165, 1.54) is 30.3 Å². The summed E-state index contributed by atoms with van der Waals surface area (Å²) in [5.74, 6) is 0.410. The molecule has 1 N–H and O–H groups in total. The molecule has 0 fully saturated rings. The number of halogens is 1. The average molecular weight is 323 g/mol. The summed E-state index contributed by atoms with van der Waals surface area (Å²) < 4.78 is 31.9. The molecule has 2 aromatic carbocycles. The lowest BCUT2D eigenvalue weighted by Gasteiger charge is -2.09. The van der Waals surface area contributed by atoms with Gasteiger partial charge in [0.05, 0.1) is 10.6 Å². The lowest BCUT2D eigenvalue weighted by Crippen LogP contribution is -2.12. The molecule has 0 aliphatic carbocycles. The molecule has 0 heterocycles. The van der Waals surface area contributed by atoms with Crippen LogP contribution in [0.5, 0.6) is 5.75 Å². The molecule has 2 aromatic rings. The maximum Gasteiger partial charge on any atom is 0.261 e. The quantitative estimate of drug-likeness (QED) is 0.917. The van der Waals surface area contributed by atoms with Crippen LogP contribution in [0.3, 0.4) is 0 Å². The number of nitrogens with one attached hydrogen (secondary N) is 1. The van der Waals surface area contributed by atoms with Crippen molar-refractivity contribution in [2.45, 2.75) is 4.90 Å². The van der Waals surface area contributed by atoms with E-state index in [1.54, 1.807) is 18.2 Å². The smallest absolute Gasteiger partial charge is 0.261 e. The van der Waals surface area contributed by atoms with E-state index in [1.807, 2.05) is 6.07 Å². The molecule has 0 saturated carbocycles. The summed E-state index contributed by atoms with van der Waals surface area (Å²) in [6.45, 7) is -0.104. The standard InChI is InChI=1S/C14H11ClN2O3S/c15-11-4-6-14(7-5-11)21(18,19)17-12-2-1-3-13(10-12)20-9-8-16/h1-7,10,17H,9H2. The van der Waals surface area contributed by atoms with Gasteiger partial charge >= 0.3 is 0 Å². The molecular formula is C14H11ClN2O3S. The van der Waals surface area contributed by atoms with Crippen molar-refractivity contribution in [3.05, 3.63) is 53.6 Å². The van der Waals surface area contributed by atoms with Crippen LogP contribution < -0.4 is 9.46 Å². The number of sulfonamides is 1. The van der Waals surface area contributed by atoms with Gasteiger partial charge in [0.25, 0.3) is 10.0 Å². The Kier molecular flexibility index (Phi) is 4.68. The van der Waals surface area contributed by atoms with Crippen LogP contribution >= 0.6 is 11.6 Å². The minimum Gasteiger partial charge on any atom is -0.479 e. The number of hydrogen-bond acceptors (Lipinski definition) is 4. The molecule has 0 spiro atoms. The van der Waals surface area contributed by atoms with E-state index >= 15 is 0 Å². The predicted molar refractivity (Wildman–Crippen MR) is 79.8 cm³/mol. The number of ether oxygens (including phenoxy) is 1. The summed E-state index contributed by atoms with van der Waals surface area (Å²) in [4.78, 5) is 0.107. The highest BCUT2D eigenvalue weighted by molar-refractivity contribution is 7.92. The Bertz CT molecular complexity index is 768. The van der Waals surface area contributed by atoms with Crippen molar-refractivity contribution in [1.29, 1.82) is 5.26 Å². The zero-order chi connectivity index (χ0) is 15.3. The van der Waals surface area contributed by atoms with Crippen molar-refractivity contribution in [2.75, 3.05) is 11.3 Å². The summed E-state index contributed by atoms with van der Waals surface area (Å²) >= 11 is 5.73. The summed E-state index contributed by atoms with van der Waals surface area (Å²) in [7, 11) is -3.70. The highest BCUT2D eigenvalue weighted by atomic mass is 35.5. The number of rotatable bonds is 5. The SMILES string of the molecule is N#CCOc1cccc(NS(=O)(=O)c2ccc(Cl)cc2)c1. The molecule has 2 rings (SSSR count). The molecule has 0 aliphatic heterocycles. The molecular weight excluding hydrogens is 312 g/mol. The van der Waals surface area contributed by atoms with Crippen LogP contribution in [0.2, 0.25) is 5.02 Å². The minimum absolute atomic E-state index is 0.104. The molecule has 7 heteroatoms. The van der Waals surface area contributed by atoms with Crippen LogP contribution in [-0.2, 0) is 10.0 Å². The van der Waals surface area contributed by atoms with Gasteiger partial charge in [-0.1, -0.05) is 17.7 Å². The summed E-state index contributed by atoms with van der Waals surface area (Å²) in [5, 5.41) is 8.92. The van der Waals surface area contributed by atoms with Gasteiger partial charge in [-0.2, -0.15) is 5.26 Å². The van der Waals surface area contributed by atoms with Crippen molar-refractivity contribution in [3.8, 4) is 11.8 Å². The first-order valence-electron chi connectivity index (χ1n) is 5.89. The molecule has 0 saturated heterocycles. The van der Waals surface area contributed by atoms with Gasteiger partial charge in [0.1, 0.15) is 11.8 Å². The van der Waals surface area contributed by atoms with Gasteiger partial charge in [-0.05, 0) is 36.4 Å². The van der Waals surface area contributed by atoms with Gasteiger partial charge in [-0.15, -0.1) is 0 Å². The van der Waals surface area contributed by atoms with E-state index in [0.29, 0.717) is 16.5 Å². The van der Waals surface area contributed by atoms with Crippen LogP contribution in [0.15, 0.2) is 53.4 Å². The maximum absolute atomic E-state index is 12.2. The monoisotopic (exact) mass is 322 g/mol.